The highest BCUT2D eigenvalue weighted by atomic mass is 16.1. The minimum atomic E-state index is 0.234. The first-order chi connectivity index (χ1) is 10.3. The SMILES string of the molecule is N#CCCN(CC(=O)C1CCCCC1)Cc1cccnc1. The van der Waals surface area contributed by atoms with E-state index in [2.05, 4.69) is 16.0 Å². The third kappa shape index (κ3) is 5.28. The summed E-state index contributed by atoms with van der Waals surface area (Å²) in [5, 5.41) is 8.79. The summed E-state index contributed by atoms with van der Waals surface area (Å²) >= 11 is 0. The number of nitrogens with zero attached hydrogens (tertiary/aromatic N) is 3. The van der Waals surface area contributed by atoms with Gasteiger partial charge in [-0.2, -0.15) is 5.26 Å². The second kappa shape index (κ2) is 8.53. The molecule has 0 spiro atoms. The molecule has 0 radical (unpaired) electrons. The first-order valence-electron chi connectivity index (χ1n) is 7.80. The second-order valence-electron chi connectivity index (χ2n) is 5.78. The zero-order valence-corrected chi connectivity index (χ0v) is 12.5. The molecule has 4 nitrogen and oxygen atoms in total. The van der Waals surface area contributed by atoms with Crippen molar-refractivity contribution in [1.82, 2.24) is 9.88 Å². The lowest BCUT2D eigenvalue weighted by molar-refractivity contribution is -0.125. The van der Waals surface area contributed by atoms with Crippen LogP contribution in [0.25, 0.3) is 0 Å². The standard InChI is InChI=1S/C17H23N3O/c18-9-5-11-20(13-15-6-4-10-19-12-15)14-17(21)16-7-2-1-3-8-16/h4,6,10,12,16H,1-3,5,7-8,11,13-14H2. The Balaban J connectivity index is 1.92. The van der Waals surface area contributed by atoms with Crippen LogP contribution in [0.4, 0.5) is 0 Å². The van der Waals surface area contributed by atoms with Crippen molar-refractivity contribution < 1.29 is 4.79 Å². The van der Waals surface area contributed by atoms with Crippen molar-refractivity contribution in [2.75, 3.05) is 13.1 Å². The van der Waals surface area contributed by atoms with E-state index in [1.54, 1.807) is 6.20 Å². The first kappa shape index (κ1) is 15.7. The topological polar surface area (TPSA) is 57.0 Å². The number of hydrogen-bond donors (Lipinski definition) is 0. The van der Waals surface area contributed by atoms with E-state index >= 15 is 0 Å². The second-order valence-corrected chi connectivity index (χ2v) is 5.78. The van der Waals surface area contributed by atoms with Crippen molar-refractivity contribution in [3.05, 3.63) is 30.1 Å². The van der Waals surface area contributed by atoms with Crippen LogP contribution in [0.5, 0.6) is 0 Å². The predicted octanol–water partition coefficient (Wildman–Crippen LogP) is 2.95. The molecule has 0 aliphatic heterocycles. The first-order valence-corrected chi connectivity index (χ1v) is 7.80. The molecule has 0 N–H and O–H groups in total. The average molecular weight is 285 g/mol. The summed E-state index contributed by atoms with van der Waals surface area (Å²) in [5.41, 5.74) is 1.09. The van der Waals surface area contributed by atoms with Gasteiger partial charge in [-0.1, -0.05) is 25.3 Å². The molecule has 1 aromatic heterocycles. The Labute approximate surface area is 126 Å². The molecule has 1 heterocycles. The van der Waals surface area contributed by atoms with E-state index in [0.717, 1.165) is 18.4 Å². The lowest BCUT2D eigenvalue weighted by Crippen LogP contribution is -2.34. The van der Waals surface area contributed by atoms with Crippen LogP contribution < -0.4 is 0 Å². The largest absolute Gasteiger partial charge is 0.298 e. The van der Waals surface area contributed by atoms with Gasteiger partial charge in [0.05, 0.1) is 12.6 Å². The van der Waals surface area contributed by atoms with Crippen molar-refractivity contribution >= 4 is 5.78 Å². The molecule has 0 saturated heterocycles. The Morgan fingerprint density at radius 2 is 2.19 bits per heavy atom. The predicted molar refractivity (Wildman–Crippen MR) is 81.3 cm³/mol. The Bertz CT molecular complexity index is 475. The summed E-state index contributed by atoms with van der Waals surface area (Å²) in [6.45, 7) is 1.79. The summed E-state index contributed by atoms with van der Waals surface area (Å²) in [7, 11) is 0. The molecule has 1 aliphatic rings. The number of Topliss-reactive ketones (excluding diaryl/α,β-unsaturated/α-hetero) is 1. The minimum Gasteiger partial charge on any atom is -0.298 e. The van der Waals surface area contributed by atoms with Crippen LogP contribution in [-0.4, -0.2) is 28.8 Å². The summed E-state index contributed by atoms with van der Waals surface area (Å²) < 4.78 is 0. The lowest BCUT2D eigenvalue weighted by atomic mass is 9.86. The number of pyridine rings is 1. The molecule has 112 valence electrons. The third-order valence-electron chi connectivity index (χ3n) is 4.11. The molecule has 0 unspecified atom stereocenters. The van der Waals surface area contributed by atoms with E-state index in [-0.39, 0.29) is 5.92 Å². The highest BCUT2D eigenvalue weighted by Gasteiger charge is 2.22. The molecule has 2 rings (SSSR count). The highest BCUT2D eigenvalue weighted by molar-refractivity contribution is 5.83. The van der Waals surface area contributed by atoms with Crippen molar-refractivity contribution in [3.63, 3.8) is 0 Å². The van der Waals surface area contributed by atoms with Gasteiger partial charge in [-0.25, -0.2) is 0 Å². The molecule has 1 aliphatic carbocycles. The smallest absolute Gasteiger partial charge is 0.149 e. The van der Waals surface area contributed by atoms with Crippen LogP contribution in [0.1, 0.15) is 44.1 Å². The molecule has 0 aromatic carbocycles. The van der Waals surface area contributed by atoms with Gasteiger partial charge in [0.15, 0.2) is 0 Å². The average Bonchev–Trinajstić information content (AvgIpc) is 2.54. The van der Waals surface area contributed by atoms with Gasteiger partial charge in [0.25, 0.3) is 0 Å². The Morgan fingerprint density at radius 1 is 1.38 bits per heavy atom. The molecule has 4 heteroatoms. The lowest BCUT2D eigenvalue weighted by Gasteiger charge is -2.25. The summed E-state index contributed by atoms with van der Waals surface area (Å²) in [4.78, 5) is 18.6. The van der Waals surface area contributed by atoms with Gasteiger partial charge in [0, 0.05) is 37.8 Å². The normalized spacial score (nSPS) is 15.8. The van der Waals surface area contributed by atoms with Crippen LogP contribution in [0.15, 0.2) is 24.5 Å². The van der Waals surface area contributed by atoms with Crippen molar-refractivity contribution in [3.8, 4) is 6.07 Å². The van der Waals surface area contributed by atoms with Crippen LogP contribution in [0, 0.1) is 17.2 Å². The van der Waals surface area contributed by atoms with Crippen LogP contribution in [0.3, 0.4) is 0 Å². The quantitative estimate of drug-likeness (QED) is 0.773. The number of hydrogen-bond acceptors (Lipinski definition) is 4. The molecular weight excluding hydrogens is 262 g/mol. The van der Waals surface area contributed by atoms with Gasteiger partial charge in [0.1, 0.15) is 5.78 Å². The van der Waals surface area contributed by atoms with Gasteiger partial charge in [-0.3, -0.25) is 14.7 Å². The fourth-order valence-corrected chi connectivity index (χ4v) is 2.95. The fourth-order valence-electron chi connectivity index (χ4n) is 2.95. The number of carbonyl (C=O) groups is 1. The van der Waals surface area contributed by atoms with Crippen LogP contribution >= 0.6 is 0 Å². The van der Waals surface area contributed by atoms with E-state index in [1.807, 2.05) is 18.3 Å². The molecule has 0 atom stereocenters. The number of nitriles is 1. The van der Waals surface area contributed by atoms with E-state index in [4.69, 9.17) is 5.26 Å². The van der Waals surface area contributed by atoms with E-state index in [1.165, 1.54) is 19.3 Å². The number of carbonyl (C=O) groups excluding carboxylic acids is 1. The van der Waals surface area contributed by atoms with Gasteiger partial charge in [-0.15, -0.1) is 0 Å². The maximum atomic E-state index is 12.4. The summed E-state index contributed by atoms with van der Waals surface area (Å²) in [6, 6.07) is 6.08. The van der Waals surface area contributed by atoms with E-state index < -0.39 is 0 Å². The third-order valence-corrected chi connectivity index (χ3v) is 4.11. The Morgan fingerprint density at radius 3 is 2.86 bits per heavy atom. The molecule has 1 aromatic rings. The van der Waals surface area contributed by atoms with Crippen LogP contribution in [-0.2, 0) is 11.3 Å². The molecule has 1 fully saturated rings. The zero-order chi connectivity index (χ0) is 14.9. The van der Waals surface area contributed by atoms with Gasteiger partial charge < -0.3 is 0 Å². The molecular formula is C17H23N3O. The summed E-state index contributed by atoms with van der Waals surface area (Å²) in [6.07, 6.45) is 9.72. The molecule has 21 heavy (non-hydrogen) atoms. The van der Waals surface area contributed by atoms with Gasteiger partial charge in [0.2, 0.25) is 0 Å². The fraction of sp³-hybridized carbons (Fsp3) is 0.588. The minimum absolute atomic E-state index is 0.234. The van der Waals surface area contributed by atoms with Gasteiger partial charge in [-0.05, 0) is 24.5 Å². The monoisotopic (exact) mass is 285 g/mol. The van der Waals surface area contributed by atoms with Crippen molar-refractivity contribution in [2.45, 2.75) is 45.1 Å². The number of aromatic nitrogens is 1. The maximum Gasteiger partial charge on any atom is 0.149 e. The van der Waals surface area contributed by atoms with E-state index in [0.29, 0.717) is 31.8 Å². The maximum absolute atomic E-state index is 12.4. The molecule has 0 amide bonds. The zero-order valence-electron chi connectivity index (χ0n) is 12.5. The van der Waals surface area contributed by atoms with Crippen molar-refractivity contribution in [2.24, 2.45) is 5.92 Å². The number of rotatable bonds is 7. The summed E-state index contributed by atoms with van der Waals surface area (Å²) in [5.74, 6) is 0.578. The van der Waals surface area contributed by atoms with Gasteiger partial charge >= 0.3 is 0 Å². The number of ketones is 1. The van der Waals surface area contributed by atoms with Crippen LogP contribution in [0.2, 0.25) is 0 Å². The highest BCUT2D eigenvalue weighted by Crippen LogP contribution is 2.24. The van der Waals surface area contributed by atoms with Crippen molar-refractivity contribution in [1.29, 1.82) is 5.26 Å². The molecule has 1 saturated carbocycles. The Hall–Kier alpha value is -1.73. The molecule has 0 bridgehead atoms. The van der Waals surface area contributed by atoms with E-state index in [9.17, 15) is 4.79 Å². The Kier molecular flexibility index (Phi) is 6.36.